The molecule has 2 aromatic heterocycles. The van der Waals surface area contributed by atoms with Gasteiger partial charge in [-0.15, -0.1) is 0 Å². The summed E-state index contributed by atoms with van der Waals surface area (Å²) in [7, 11) is 0. The number of aliphatic hydroxyl groups excluding tert-OH is 1. The molecule has 0 aliphatic heterocycles. The molecular weight excluding hydrogens is 207 g/mol. The number of halogens is 1. The molecule has 3 nitrogen and oxygen atoms in total. The van der Waals surface area contributed by atoms with E-state index in [9.17, 15) is 9.50 Å². The van der Waals surface area contributed by atoms with Crippen LogP contribution in [0.25, 0.3) is 0 Å². The molecule has 0 aliphatic carbocycles. The van der Waals surface area contributed by atoms with Crippen LogP contribution in [0, 0.1) is 12.7 Å². The topological polar surface area (TPSA) is 46.0 Å². The largest absolute Gasteiger partial charge is 0.384 e. The van der Waals surface area contributed by atoms with Gasteiger partial charge >= 0.3 is 0 Å². The molecule has 0 radical (unpaired) electrons. The predicted molar refractivity (Wildman–Crippen MR) is 57.2 cm³/mol. The smallest absolute Gasteiger partial charge is 0.147 e. The lowest BCUT2D eigenvalue weighted by atomic mass is 10.0. The highest BCUT2D eigenvalue weighted by molar-refractivity contribution is 5.29. The van der Waals surface area contributed by atoms with Crippen molar-refractivity contribution in [3.05, 3.63) is 59.4 Å². The number of nitrogens with zero attached hydrogens (tertiary/aromatic N) is 2. The van der Waals surface area contributed by atoms with Gasteiger partial charge in [0.05, 0.1) is 6.20 Å². The van der Waals surface area contributed by atoms with Gasteiger partial charge in [0, 0.05) is 23.7 Å². The van der Waals surface area contributed by atoms with Crippen LogP contribution >= 0.6 is 0 Å². The first-order chi connectivity index (χ1) is 7.68. The highest BCUT2D eigenvalue weighted by Crippen LogP contribution is 2.23. The monoisotopic (exact) mass is 218 g/mol. The van der Waals surface area contributed by atoms with Crippen molar-refractivity contribution in [1.82, 2.24) is 9.97 Å². The number of aryl methyl sites for hydroxylation is 1. The van der Waals surface area contributed by atoms with E-state index in [-0.39, 0.29) is 5.56 Å². The maximum absolute atomic E-state index is 13.4. The Hall–Kier alpha value is -1.81. The Labute approximate surface area is 92.6 Å². The van der Waals surface area contributed by atoms with E-state index in [1.807, 2.05) is 6.92 Å². The van der Waals surface area contributed by atoms with Crippen LogP contribution in [0.2, 0.25) is 0 Å². The van der Waals surface area contributed by atoms with E-state index in [1.165, 1.54) is 12.3 Å². The van der Waals surface area contributed by atoms with E-state index in [4.69, 9.17) is 0 Å². The second kappa shape index (κ2) is 4.37. The van der Waals surface area contributed by atoms with Crippen molar-refractivity contribution >= 4 is 0 Å². The fourth-order valence-corrected chi connectivity index (χ4v) is 1.52. The zero-order valence-electron chi connectivity index (χ0n) is 8.76. The zero-order chi connectivity index (χ0) is 11.5. The Morgan fingerprint density at radius 2 is 2.12 bits per heavy atom. The molecule has 16 heavy (non-hydrogen) atoms. The van der Waals surface area contributed by atoms with Gasteiger partial charge in [-0.3, -0.25) is 9.97 Å². The first kappa shape index (κ1) is 10.7. The van der Waals surface area contributed by atoms with Crippen molar-refractivity contribution in [2.45, 2.75) is 13.0 Å². The van der Waals surface area contributed by atoms with Crippen LogP contribution in [-0.4, -0.2) is 15.1 Å². The molecule has 4 heteroatoms. The number of pyridine rings is 2. The van der Waals surface area contributed by atoms with Gasteiger partial charge in [-0.1, -0.05) is 0 Å². The van der Waals surface area contributed by atoms with Crippen LogP contribution in [0.3, 0.4) is 0 Å². The molecule has 0 saturated carbocycles. The molecule has 2 aromatic rings. The Morgan fingerprint density at radius 3 is 2.81 bits per heavy atom. The molecule has 0 amide bonds. The van der Waals surface area contributed by atoms with Gasteiger partial charge in [0.15, 0.2) is 0 Å². The van der Waals surface area contributed by atoms with Gasteiger partial charge in [-0.05, 0) is 30.7 Å². The lowest BCUT2D eigenvalue weighted by Crippen LogP contribution is -2.03. The highest BCUT2D eigenvalue weighted by Gasteiger charge is 2.14. The van der Waals surface area contributed by atoms with Crippen LogP contribution in [0.4, 0.5) is 4.39 Å². The fourth-order valence-electron chi connectivity index (χ4n) is 1.52. The van der Waals surface area contributed by atoms with Crippen LogP contribution < -0.4 is 0 Å². The van der Waals surface area contributed by atoms with Crippen molar-refractivity contribution in [2.24, 2.45) is 0 Å². The molecule has 2 rings (SSSR count). The molecule has 0 saturated heterocycles. The summed E-state index contributed by atoms with van der Waals surface area (Å²) in [6.07, 6.45) is 3.15. The van der Waals surface area contributed by atoms with Gasteiger partial charge in [0.1, 0.15) is 11.9 Å². The summed E-state index contributed by atoms with van der Waals surface area (Å²) < 4.78 is 13.4. The highest BCUT2D eigenvalue weighted by atomic mass is 19.1. The minimum Gasteiger partial charge on any atom is -0.384 e. The number of hydrogen-bond donors (Lipinski definition) is 1. The van der Waals surface area contributed by atoms with E-state index in [0.717, 1.165) is 11.9 Å². The van der Waals surface area contributed by atoms with Crippen molar-refractivity contribution in [2.75, 3.05) is 0 Å². The zero-order valence-corrected chi connectivity index (χ0v) is 8.76. The second-order valence-corrected chi connectivity index (χ2v) is 3.53. The second-order valence-electron chi connectivity index (χ2n) is 3.53. The first-order valence-electron chi connectivity index (χ1n) is 4.88. The molecular formula is C12H11FN2O. The van der Waals surface area contributed by atoms with Crippen LogP contribution in [0.5, 0.6) is 0 Å². The summed E-state index contributed by atoms with van der Waals surface area (Å²) in [4.78, 5) is 7.66. The summed E-state index contributed by atoms with van der Waals surface area (Å²) in [5.41, 5.74) is 1.63. The Kier molecular flexibility index (Phi) is 2.92. The number of rotatable bonds is 2. The van der Waals surface area contributed by atoms with Gasteiger partial charge < -0.3 is 5.11 Å². The lowest BCUT2D eigenvalue weighted by Gasteiger charge is -2.12. The minimum atomic E-state index is -0.982. The SMILES string of the molecule is Cc1cc(C(O)c2ccncc2F)ccn1. The Balaban J connectivity index is 2.39. The van der Waals surface area contributed by atoms with E-state index in [0.29, 0.717) is 5.56 Å². The molecule has 82 valence electrons. The van der Waals surface area contributed by atoms with E-state index in [1.54, 1.807) is 18.3 Å². The van der Waals surface area contributed by atoms with E-state index >= 15 is 0 Å². The third kappa shape index (κ3) is 2.06. The summed E-state index contributed by atoms with van der Waals surface area (Å²) in [5, 5.41) is 10.0. The molecule has 1 atom stereocenters. The molecule has 0 aliphatic rings. The third-order valence-corrected chi connectivity index (χ3v) is 2.33. The fraction of sp³-hybridized carbons (Fsp3) is 0.167. The van der Waals surface area contributed by atoms with Crippen molar-refractivity contribution in [3.63, 3.8) is 0 Å². The predicted octanol–water partition coefficient (Wildman–Crippen LogP) is 2.01. The number of aromatic nitrogens is 2. The molecule has 1 unspecified atom stereocenters. The van der Waals surface area contributed by atoms with Gasteiger partial charge in [-0.25, -0.2) is 4.39 Å². The third-order valence-electron chi connectivity index (χ3n) is 2.33. The minimum absolute atomic E-state index is 0.223. The van der Waals surface area contributed by atoms with Gasteiger partial charge in [-0.2, -0.15) is 0 Å². The summed E-state index contributed by atoms with van der Waals surface area (Å²) in [6.45, 7) is 1.82. The molecule has 0 fully saturated rings. The molecule has 1 N–H and O–H groups in total. The van der Waals surface area contributed by atoms with Gasteiger partial charge in [0.25, 0.3) is 0 Å². The lowest BCUT2D eigenvalue weighted by molar-refractivity contribution is 0.214. The van der Waals surface area contributed by atoms with Crippen molar-refractivity contribution in [3.8, 4) is 0 Å². The molecule has 0 spiro atoms. The first-order valence-corrected chi connectivity index (χ1v) is 4.88. The average molecular weight is 218 g/mol. The standard InChI is InChI=1S/C12H11FN2O/c1-8-6-9(2-5-15-8)12(16)10-3-4-14-7-11(10)13/h2-7,12,16H,1H3. The summed E-state index contributed by atoms with van der Waals surface area (Å²) in [5.74, 6) is -0.510. The van der Waals surface area contributed by atoms with Crippen LogP contribution in [0.1, 0.15) is 22.9 Å². The normalized spacial score (nSPS) is 12.4. The number of aliphatic hydroxyl groups is 1. The van der Waals surface area contributed by atoms with E-state index in [2.05, 4.69) is 9.97 Å². The van der Waals surface area contributed by atoms with Crippen molar-refractivity contribution in [1.29, 1.82) is 0 Å². The molecule has 0 aromatic carbocycles. The maximum atomic E-state index is 13.4. The summed E-state index contributed by atoms with van der Waals surface area (Å²) in [6, 6.07) is 4.86. The number of hydrogen-bond acceptors (Lipinski definition) is 3. The molecule has 0 bridgehead atoms. The van der Waals surface area contributed by atoms with Crippen LogP contribution in [0.15, 0.2) is 36.8 Å². The Bertz CT molecular complexity index is 502. The quantitative estimate of drug-likeness (QED) is 0.838. The van der Waals surface area contributed by atoms with Gasteiger partial charge in [0.2, 0.25) is 0 Å². The molecule has 2 heterocycles. The summed E-state index contributed by atoms with van der Waals surface area (Å²) >= 11 is 0. The van der Waals surface area contributed by atoms with E-state index < -0.39 is 11.9 Å². The van der Waals surface area contributed by atoms with Crippen LogP contribution in [-0.2, 0) is 0 Å². The maximum Gasteiger partial charge on any atom is 0.147 e. The Morgan fingerprint density at radius 1 is 1.31 bits per heavy atom. The average Bonchev–Trinajstić information content (AvgIpc) is 2.29. The van der Waals surface area contributed by atoms with Crippen molar-refractivity contribution < 1.29 is 9.50 Å².